The number of esters is 1. The van der Waals surface area contributed by atoms with Crippen LogP contribution < -0.4 is 4.74 Å². The number of carbonyl (C=O) groups is 1. The summed E-state index contributed by atoms with van der Waals surface area (Å²) in [5.74, 6) is -2.22. The van der Waals surface area contributed by atoms with Crippen LogP contribution in [0.3, 0.4) is 0 Å². The molecule has 0 aliphatic carbocycles. The molecule has 3 N–H and O–H groups in total. The molecule has 2 rings (SSSR count). The van der Waals surface area contributed by atoms with Gasteiger partial charge in [-0.25, -0.2) is 4.79 Å². The monoisotopic (exact) mass is 274 g/mol. The molecular formula is C15H14O5. The summed E-state index contributed by atoms with van der Waals surface area (Å²) in [6, 6.07) is 7.24. The summed E-state index contributed by atoms with van der Waals surface area (Å²) in [7, 11) is 0. The Balaban J connectivity index is 2.26. The Kier molecular flexibility index (Phi) is 3.52. The number of benzene rings is 2. The highest BCUT2D eigenvalue weighted by Gasteiger charge is 2.15. The van der Waals surface area contributed by atoms with Crippen LogP contribution in [-0.4, -0.2) is 21.3 Å². The van der Waals surface area contributed by atoms with Crippen molar-refractivity contribution < 1.29 is 24.9 Å². The fourth-order valence-corrected chi connectivity index (χ4v) is 1.67. The van der Waals surface area contributed by atoms with Crippen LogP contribution in [0, 0.1) is 13.8 Å². The van der Waals surface area contributed by atoms with E-state index >= 15 is 0 Å². The lowest BCUT2D eigenvalue weighted by Crippen LogP contribution is -2.08. The molecule has 0 saturated carbocycles. The van der Waals surface area contributed by atoms with Gasteiger partial charge in [0, 0.05) is 0 Å². The van der Waals surface area contributed by atoms with Crippen molar-refractivity contribution in [1.29, 1.82) is 0 Å². The van der Waals surface area contributed by atoms with Gasteiger partial charge in [-0.15, -0.1) is 0 Å². The normalized spacial score (nSPS) is 10.3. The number of phenolic OH excluding ortho intramolecular Hbond substituents is 3. The van der Waals surface area contributed by atoms with Gasteiger partial charge in [-0.1, -0.05) is 6.07 Å². The van der Waals surface area contributed by atoms with E-state index in [1.165, 1.54) is 0 Å². The lowest BCUT2D eigenvalue weighted by molar-refractivity contribution is 0.0733. The summed E-state index contributed by atoms with van der Waals surface area (Å²) >= 11 is 0. The lowest BCUT2D eigenvalue weighted by atomic mass is 10.1. The summed E-state index contributed by atoms with van der Waals surface area (Å²) in [6.45, 7) is 3.84. The first-order valence-electron chi connectivity index (χ1n) is 5.93. The minimum absolute atomic E-state index is 0.0592. The number of phenols is 3. The number of rotatable bonds is 2. The number of aromatic hydroxyl groups is 3. The van der Waals surface area contributed by atoms with Crippen molar-refractivity contribution in [2.75, 3.05) is 0 Å². The van der Waals surface area contributed by atoms with Crippen LogP contribution >= 0.6 is 0 Å². The van der Waals surface area contributed by atoms with E-state index in [1.54, 1.807) is 12.1 Å². The van der Waals surface area contributed by atoms with Crippen molar-refractivity contribution >= 4 is 5.97 Å². The molecule has 0 fully saturated rings. The highest BCUT2D eigenvalue weighted by Crippen LogP contribution is 2.35. The molecule has 0 bridgehead atoms. The minimum Gasteiger partial charge on any atom is -0.504 e. The van der Waals surface area contributed by atoms with E-state index in [0.29, 0.717) is 5.75 Å². The third-order valence-corrected chi connectivity index (χ3v) is 2.99. The van der Waals surface area contributed by atoms with Gasteiger partial charge >= 0.3 is 5.97 Å². The fraction of sp³-hybridized carbons (Fsp3) is 0.133. The number of ether oxygens (including phenoxy) is 1. The summed E-state index contributed by atoms with van der Waals surface area (Å²) in [5.41, 5.74) is 1.99. The van der Waals surface area contributed by atoms with E-state index in [0.717, 1.165) is 23.3 Å². The first-order chi connectivity index (χ1) is 9.38. The quantitative estimate of drug-likeness (QED) is 0.445. The predicted octanol–water partition coefficient (Wildman–Crippen LogP) is 2.64. The van der Waals surface area contributed by atoms with Crippen LogP contribution in [0.4, 0.5) is 0 Å². The summed E-state index contributed by atoms with van der Waals surface area (Å²) in [6.07, 6.45) is 0. The van der Waals surface area contributed by atoms with Crippen LogP contribution in [-0.2, 0) is 0 Å². The maximum absolute atomic E-state index is 11.9. The molecule has 20 heavy (non-hydrogen) atoms. The van der Waals surface area contributed by atoms with E-state index < -0.39 is 23.2 Å². The maximum Gasteiger partial charge on any atom is 0.343 e. The Morgan fingerprint density at radius 2 is 1.55 bits per heavy atom. The van der Waals surface area contributed by atoms with Crippen LogP contribution in [0.25, 0.3) is 0 Å². The number of hydrogen-bond acceptors (Lipinski definition) is 5. The highest BCUT2D eigenvalue weighted by atomic mass is 16.5. The molecule has 0 heterocycles. The van der Waals surface area contributed by atoms with Gasteiger partial charge in [-0.3, -0.25) is 0 Å². The molecule has 0 spiro atoms. The SMILES string of the molecule is Cc1ccc(OC(=O)c2cc(O)c(O)c(O)c2)cc1C. The van der Waals surface area contributed by atoms with Crippen LogP contribution in [0.15, 0.2) is 30.3 Å². The van der Waals surface area contributed by atoms with Gasteiger partial charge in [0.25, 0.3) is 0 Å². The Morgan fingerprint density at radius 3 is 2.10 bits per heavy atom. The van der Waals surface area contributed by atoms with Gasteiger partial charge in [0.2, 0.25) is 0 Å². The smallest absolute Gasteiger partial charge is 0.343 e. The van der Waals surface area contributed by atoms with Gasteiger partial charge in [0.1, 0.15) is 5.75 Å². The Labute approximate surface area is 115 Å². The topological polar surface area (TPSA) is 87.0 Å². The van der Waals surface area contributed by atoms with Crippen molar-refractivity contribution in [3.8, 4) is 23.0 Å². The first-order valence-corrected chi connectivity index (χ1v) is 5.93. The Morgan fingerprint density at radius 1 is 0.950 bits per heavy atom. The molecule has 2 aromatic carbocycles. The number of carbonyl (C=O) groups excluding carboxylic acids is 1. The molecule has 0 radical (unpaired) electrons. The van der Waals surface area contributed by atoms with Crippen LogP contribution in [0.5, 0.6) is 23.0 Å². The third kappa shape index (κ3) is 2.66. The summed E-state index contributed by atoms with van der Waals surface area (Å²) < 4.78 is 5.14. The molecule has 5 nitrogen and oxygen atoms in total. The molecule has 0 unspecified atom stereocenters. The predicted molar refractivity (Wildman–Crippen MR) is 72.3 cm³/mol. The van der Waals surface area contributed by atoms with Gasteiger partial charge in [-0.2, -0.15) is 0 Å². The molecule has 0 saturated heterocycles. The van der Waals surface area contributed by atoms with E-state index in [1.807, 2.05) is 19.9 Å². The van der Waals surface area contributed by atoms with Gasteiger partial charge in [-0.05, 0) is 49.2 Å². The number of hydrogen-bond donors (Lipinski definition) is 3. The van der Waals surface area contributed by atoms with E-state index in [2.05, 4.69) is 0 Å². The standard InChI is InChI=1S/C15H14O5/c1-8-3-4-11(5-9(8)2)20-15(19)10-6-12(16)14(18)13(17)7-10/h3-7,16-18H,1-2H3. The molecule has 5 heteroatoms. The molecule has 0 amide bonds. The van der Waals surface area contributed by atoms with E-state index in [9.17, 15) is 20.1 Å². The Hall–Kier alpha value is -2.69. The first kappa shape index (κ1) is 13.7. The van der Waals surface area contributed by atoms with Crippen molar-refractivity contribution in [2.24, 2.45) is 0 Å². The molecule has 104 valence electrons. The van der Waals surface area contributed by atoms with Crippen molar-refractivity contribution in [1.82, 2.24) is 0 Å². The van der Waals surface area contributed by atoms with Gasteiger partial charge < -0.3 is 20.1 Å². The minimum atomic E-state index is -0.737. The van der Waals surface area contributed by atoms with Crippen molar-refractivity contribution in [3.63, 3.8) is 0 Å². The molecule has 0 aliphatic rings. The van der Waals surface area contributed by atoms with Crippen LogP contribution in [0.1, 0.15) is 21.5 Å². The Bertz CT molecular complexity index is 653. The fourth-order valence-electron chi connectivity index (χ4n) is 1.67. The molecular weight excluding hydrogens is 260 g/mol. The average Bonchev–Trinajstić information content (AvgIpc) is 2.39. The second-order valence-electron chi connectivity index (χ2n) is 4.50. The second-order valence-corrected chi connectivity index (χ2v) is 4.50. The molecule has 0 aromatic heterocycles. The largest absolute Gasteiger partial charge is 0.504 e. The molecule has 0 aliphatic heterocycles. The summed E-state index contributed by atoms with van der Waals surface area (Å²) in [4.78, 5) is 11.9. The molecule has 0 atom stereocenters. The van der Waals surface area contributed by atoms with Gasteiger partial charge in [0.15, 0.2) is 17.2 Å². The van der Waals surface area contributed by atoms with E-state index in [4.69, 9.17) is 4.74 Å². The van der Waals surface area contributed by atoms with E-state index in [-0.39, 0.29) is 5.56 Å². The second kappa shape index (κ2) is 5.13. The van der Waals surface area contributed by atoms with Gasteiger partial charge in [0.05, 0.1) is 5.56 Å². The lowest BCUT2D eigenvalue weighted by Gasteiger charge is -2.08. The third-order valence-electron chi connectivity index (χ3n) is 2.99. The zero-order valence-electron chi connectivity index (χ0n) is 11.0. The maximum atomic E-state index is 11.9. The zero-order chi connectivity index (χ0) is 14.9. The zero-order valence-corrected chi connectivity index (χ0v) is 11.0. The van der Waals surface area contributed by atoms with Crippen molar-refractivity contribution in [3.05, 3.63) is 47.0 Å². The summed E-state index contributed by atoms with van der Waals surface area (Å²) in [5, 5.41) is 27.9. The van der Waals surface area contributed by atoms with Crippen LogP contribution in [0.2, 0.25) is 0 Å². The number of aryl methyl sites for hydroxylation is 2. The molecule has 2 aromatic rings. The average molecular weight is 274 g/mol. The van der Waals surface area contributed by atoms with Crippen molar-refractivity contribution in [2.45, 2.75) is 13.8 Å². The highest BCUT2D eigenvalue weighted by molar-refractivity contribution is 5.92.